The molecule has 0 fully saturated rings. The number of carbonyl (C=O) groups excluding carboxylic acids is 1. The molecule has 24 heavy (non-hydrogen) atoms. The fraction of sp³-hybridized carbons (Fsp3) is 0.278. The molecule has 6 heteroatoms. The summed E-state index contributed by atoms with van der Waals surface area (Å²) in [5.41, 5.74) is 1.43. The van der Waals surface area contributed by atoms with Crippen LogP contribution in [0.1, 0.15) is 12.0 Å². The second-order valence-electron chi connectivity index (χ2n) is 5.25. The molecular formula is C18H23NO4S. The number of aryl methyl sites for hydroxylation is 1. The third-order valence-corrected chi connectivity index (χ3v) is 5.02. The third-order valence-electron chi connectivity index (χ3n) is 3.22. The summed E-state index contributed by atoms with van der Waals surface area (Å²) in [6.07, 6.45) is 3.59. The van der Waals surface area contributed by atoms with Gasteiger partial charge in [-0.15, -0.1) is 6.58 Å². The van der Waals surface area contributed by atoms with Crippen LogP contribution in [0.2, 0.25) is 0 Å². The molecule has 0 radical (unpaired) electrons. The number of hydrogen-bond donors (Lipinski definition) is 0. The predicted octanol–water partition coefficient (Wildman–Crippen LogP) is 2.85. The minimum absolute atomic E-state index is 0.0315. The summed E-state index contributed by atoms with van der Waals surface area (Å²) in [5, 5.41) is 0. The first-order valence-corrected chi connectivity index (χ1v) is 8.88. The van der Waals surface area contributed by atoms with E-state index in [1.54, 1.807) is 18.2 Å². The van der Waals surface area contributed by atoms with Gasteiger partial charge < -0.3 is 4.74 Å². The van der Waals surface area contributed by atoms with E-state index in [9.17, 15) is 13.2 Å². The minimum Gasteiger partial charge on any atom is -0.464 e. The van der Waals surface area contributed by atoms with Gasteiger partial charge in [0.25, 0.3) is 0 Å². The number of sulfonamides is 1. The van der Waals surface area contributed by atoms with Crippen LogP contribution in [0.15, 0.2) is 66.6 Å². The van der Waals surface area contributed by atoms with E-state index in [4.69, 9.17) is 4.74 Å². The first kappa shape index (κ1) is 19.9. The molecule has 0 heterocycles. The van der Waals surface area contributed by atoms with Crippen LogP contribution in [-0.2, 0) is 19.6 Å². The summed E-state index contributed by atoms with van der Waals surface area (Å²) in [4.78, 5) is 12.0. The molecule has 0 saturated heterocycles. The molecule has 0 N–H and O–H groups in total. The fourth-order valence-corrected chi connectivity index (χ4v) is 3.21. The van der Waals surface area contributed by atoms with E-state index in [0.717, 1.165) is 9.87 Å². The molecule has 0 unspecified atom stereocenters. The number of esters is 1. The summed E-state index contributed by atoms with van der Waals surface area (Å²) in [7, 11) is -3.84. The molecule has 130 valence electrons. The molecule has 0 amide bonds. The Labute approximate surface area is 144 Å². The van der Waals surface area contributed by atoms with Crippen molar-refractivity contribution in [3.8, 4) is 0 Å². The Hall–Kier alpha value is -2.18. The highest BCUT2D eigenvalue weighted by molar-refractivity contribution is 7.89. The average molecular weight is 349 g/mol. The molecular weight excluding hydrogens is 326 g/mol. The molecule has 0 aliphatic rings. The third kappa shape index (κ3) is 5.79. The predicted molar refractivity (Wildman–Crippen MR) is 95.0 cm³/mol. The molecule has 0 aliphatic carbocycles. The molecule has 1 rings (SSSR count). The molecule has 0 spiro atoms. The smallest absolute Gasteiger partial charge is 0.321 e. The number of rotatable bonds is 10. The van der Waals surface area contributed by atoms with Gasteiger partial charge in [0.1, 0.15) is 6.54 Å². The molecule has 0 bridgehead atoms. The standard InChI is InChI=1S/C18H23NO4S/c1-5-7-12-23-18(20)14-19(13-15(3)6-2)24(21,22)17-10-8-16(4)9-11-17/h5-6,8-11H,1-3,7,12-14H2,4H3. The van der Waals surface area contributed by atoms with E-state index in [1.165, 1.54) is 18.2 Å². The summed E-state index contributed by atoms with van der Waals surface area (Å²) in [6.45, 7) is 12.4. The van der Waals surface area contributed by atoms with Crippen LogP contribution in [-0.4, -0.2) is 38.4 Å². The van der Waals surface area contributed by atoms with Crippen molar-refractivity contribution in [1.29, 1.82) is 0 Å². The molecule has 0 aliphatic heterocycles. The minimum atomic E-state index is -3.84. The molecule has 0 saturated carbocycles. The van der Waals surface area contributed by atoms with Crippen LogP contribution in [0.3, 0.4) is 0 Å². The van der Waals surface area contributed by atoms with Crippen molar-refractivity contribution >= 4 is 16.0 Å². The molecule has 1 aromatic carbocycles. The van der Waals surface area contributed by atoms with Crippen molar-refractivity contribution in [3.05, 3.63) is 67.3 Å². The lowest BCUT2D eigenvalue weighted by molar-refractivity contribution is -0.143. The van der Waals surface area contributed by atoms with Crippen LogP contribution in [0.5, 0.6) is 0 Å². The van der Waals surface area contributed by atoms with Gasteiger partial charge in [-0.25, -0.2) is 8.42 Å². The maximum atomic E-state index is 12.8. The number of carbonyl (C=O) groups is 1. The first-order chi connectivity index (χ1) is 11.3. The van der Waals surface area contributed by atoms with Crippen molar-refractivity contribution in [2.75, 3.05) is 19.7 Å². The Morgan fingerprint density at radius 2 is 1.83 bits per heavy atom. The first-order valence-electron chi connectivity index (χ1n) is 7.44. The quantitative estimate of drug-likeness (QED) is 0.282. The van der Waals surface area contributed by atoms with E-state index in [1.807, 2.05) is 6.92 Å². The highest BCUT2D eigenvalue weighted by atomic mass is 32.2. The van der Waals surface area contributed by atoms with Crippen molar-refractivity contribution in [2.24, 2.45) is 0 Å². The number of nitrogens with zero attached hydrogens (tertiary/aromatic N) is 1. The highest BCUT2D eigenvalue weighted by Gasteiger charge is 2.27. The number of ether oxygens (including phenoxy) is 1. The zero-order valence-corrected chi connectivity index (χ0v) is 14.7. The maximum Gasteiger partial charge on any atom is 0.321 e. The Balaban J connectivity index is 3.01. The van der Waals surface area contributed by atoms with E-state index in [0.29, 0.717) is 12.0 Å². The second kappa shape index (κ2) is 9.20. The van der Waals surface area contributed by atoms with Crippen LogP contribution < -0.4 is 0 Å². The van der Waals surface area contributed by atoms with E-state index >= 15 is 0 Å². The molecule has 1 aromatic rings. The van der Waals surface area contributed by atoms with Gasteiger partial charge in [-0.05, 0) is 31.1 Å². The molecule has 5 nitrogen and oxygen atoms in total. The van der Waals surface area contributed by atoms with Crippen LogP contribution in [0.25, 0.3) is 0 Å². The monoisotopic (exact) mass is 349 g/mol. The van der Waals surface area contributed by atoms with Gasteiger partial charge in [0.05, 0.1) is 11.5 Å². The lowest BCUT2D eigenvalue weighted by atomic mass is 10.2. The number of hydrogen-bond acceptors (Lipinski definition) is 4. The Kier molecular flexibility index (Phi) is 7.61. The summed E-state index contributed by atoms with van der Waals surface area (Å²) in [5.74, 6) is -0.621. The van der Waals surface area contributed by atoms with E-state index < -0.39 is 16.0 Å². The highest BCUT2D eigenvalue weighted by Crippen LogP contribution is 2.17. The molecule has 0 atom stereocenters. The molecule has 0 aromatic heterocycles. The zero-order valence-electron chi connectivity index (χ0n) is 13.9. The van der Waals surface area contributed by atoms with Gasteiger partial charge >= 0.3 is 5.97 Å². The van der Waals surface area contributed by atoms with Gasteiger partial charge in [-0.2, -0.15) is 4.31 Å². The van der Waals surface area contributed by atoms with Gasteiger partial charge in [0.15, 0.2) is 0 Å². The SMILES string of the molecule is C=CCCOC(=O)CN(CC(=C)C=C)S(=O)(=O)c1ccc(C)cc1. The lowest BCUT2D eigenvalue weighted by Gasteiger charge is -2.21. The normalized spacial score (nSPS) is 11.1. The summed E-state index contributed by atoms with van der Waals surface area (Å²) < 4.78 is 31.6. The number of benzene rings is 1. The van der Waals surface area contributed by atoms with Gasteiger partial charge in [0.2, 0.25) is 10.0 Å². The summed E-state index contributed by atoms with van der Waals surface area (Å²) >= 11 is 0. The van der Waals surface area contributed by atoms with Crippen LogP contribution in [0.4, 0.5) is 0 Å². The van der Waals surface area contributed by atoms with E-state index in [-0.39, 0.29) is 24.6 Å². The van der Waals surface area contributed by atoms with Gasteiger partial charge in [-0.3, -0.25) is 4.79 Å². The van der Waals surface area contributed by atoms with Gasteiger partial charge in [0, 0.05) is 6.54 Å². The lowest BCUT2D eigenvalue weighted by Crippen LogP contribution is -2.37. The van der Waals surface area contributed by atoms with Crippen molar-refractivity contribution in [3.63, 3.8) is 0 Å². The van der Waals surface area contributed by atoms with Crippen molar-refractivity contribution in [2.45, 2.75) is 18.2 Å². The maximum absolute atomic E-state index is 12.8. The Morgan fingerprint density at radius 1 is 1.21 bits per heavy atom. The van der Waals surface area contributed by atoms with Crippen molar-refractivity contribution < 1.29 is 17.9 Å². The fourth-order valence-electron chi connectivity index (χ4n) is 1.82. The topological polar surface area (TPSA) is 63.7 Å². The summed E-state index contributed by atoms with van der Waals surface area (Å²) in [6, 6.07) is 6.43. The van der Waals surface area contributed by atoms with Crippen LogP contribution in [0, 0.1) is 6.92 Å². The van der Waals surface area contributed by atoms with Crippen LogP contribution >= 0.6 is 0 Å². The Bertz CT molecular complexity index is 705. The van der Waals surface area contributed by atoms with E-state index in [2.05, 4.69) is 19.7 Å². The van der Waals surface area contributed by atoms with Gasteiger partial charge in [-0.1, -0.05) is 43.0 Å². The second-order valence-corrected chi connectivity index (χ2v) is 7.18. The average Bonchev–Trinajstić information content (AvgIpc) is 2.54. The Morgan fingerprint density at radius 3 is 2.38 bits per heavy atom. The van der Waals surface area contributed by atoms with Crippen molar-refractivity contribution in [1.82, 2.24) is 4.31 Å². The zero-order chi connectivity index (χ0) is 18.2. The largest absolute Gasteiger partial charge is 0.464 e.